The second kappa shape index (κ2) is 5.36. The standard InChI is InChI=1S/C10H20O/c1-5-6-9(4)10(11)7-8(2)3/h6,8,10-11H,5,7H2,1-4H3/b9-6+. The molecule has 0 amide bonds. The van der Waals surface area contributed by atoms with Gasteiger partial charge in [-0.2, -0.15) is 0 Å². The van der Waals surface area contributed by atoms with Crippen molar-refractivity contribution in [3.05, 3.63) is 11.6 Å². The Kier molecular flexibility index (Phi) is 5.22. The summed E-state index contributed by atoms with van der Waals surface area (Å²) in [5.74, 6) is 0.574. The highest BCUT2D eigenvalue weighted by Gasteiger charge is 2.07. The first-order valence-electron chi connectivity index (χ1n) is 4.42. The Hall–Kier alpha value is -0.300. The van der Waals surface area contributed by atoms with Crippen LogP contribution in [0, 0.1) is 5.92 Å². The average Bonchev–Trinajstić information content (AvgIpc) is 1.86. The van der Waals surface area contributed by atoms with Gasteiger partial charge >= 0.3 is 0 Å². The van der Waals surface area contributed by atoms with Gasteiger partial charge in [-0.3, -0.25) is 0 Å². The van der Waals surface area contributed by atoms with Crippen molar-refractivity contribution in [1.29, 1.82) is 0 Å². The van der Waals surface area contributed by atoms with Crippen molar-refractivity contribution in [2.24, 2.45) is 5.92 Å². The predicted octanol–water partition coefficient (Wildman–Crippen LogP) is 2.75. The van der Waals surface area contributed by atoms with E-state index < -0.39 is 0 Å². The molecule has 0 aromatic carbocycles. The van der Waals surface area contributed by atoms with Gasteiger partial charge in [-0.15, -0.1) is 0 Å². The molecule has 1 nitrogen and oxygen atoms in total. The van der Waals surface area contributed by atoms with Crippen LogP contribution in [0.3, 0.4) is 0 Å². The molecule has 0 radical (unpaired) electrons. The lowest BCUT2D eigenvalue weighted by molar-refractivity contribution is 0.183. The van der Waals surface area contributed by atoms with Crippen LogP contribution in [0.5, 0.6) is 0 Å². The van der Waals surface area contributed by atoms with Crippen LogP contribution in [-0.4, -0.2) is 11.2 Å². The molecule has 0 saturated heterocycles. The molecule has 0 fully saturated rings. The molecular formula is C10H20O. The zero-order valence-corrected chi connectivity index (χ0v) is 8.09. The Morgan fingerprint density at radius 1 is 1.45 bits per heavy atom. The van der Waals surface area contributed by atoms with Crippen LogP contribution in [0.4, 0.5) is 0 Å². The lowest BCUT2D eigenvalue weighted by Gasteiger charge is -2.13. The molecule has 0 saturated carbocycles. The van der Waals surface area contributed by atoms with Crippen molar-refractivity contribution in [1.82, 2.24) is 0 Å². The van der Waals surface area contributed by atoms with Gasteiger partial charge < -0.3 is 5.11 Å². The van der Waals surface area contributed by atoms with Crippen LogP contribution >= 0.6 is 0 Å². The van der Waals surface area contributed by atoms with Crippen molar-refractivity contribution >= 4 is 0 Å². The van der Waals surface area contributed by atoms with E-state index >= 15 is 0 Å². The van der Waals surface area contributed by atoms with E-state index in [-0.39, 0.29) is 6.10 Å². The van der Waals surface area contributed by atoms with Gasteiger partial charge in [0.1, 0.15) is 0 Å². The summed E-state index contributed by atoms with van der Waals surface area (Å²) in [5, 5.41) is 9.55. The Bertz CT molecular complexity index is 125. The first kappa shape index (κ1) is 10.7. The zero-order valence-electron chi connectivity index (χ0n) is 8.09. The summed E-state index contributed by atoms with van der Waals surface area (Å²) in [6.07, 6.45) is 3.76. The molecule has 1 N–H and O–H groups in total. The highest BCUT2D eigenvalue weighted by atomic mass is 16.3. The van der Waals surface area contributed by atoms with Gasteiger partial charge in [0, 0.05) is 0 Å². The third kappa shape index (κ3) is 5.02. The molecule has 0 aromatic rings. The van der Waals surface area contributed by atoms with E-state index in [9.17, 15) is 5.11 Å². The topological polar surface area (TPSA) is 20.2 Å². The molecule has 66 valence electrons. The Morgan fingerprint density at radius 2 is 2.00 bits per heavy atom. The molecule has 1 unspecified atom stereocenters. The van der Waals surface area contributed by atoms with Crippen LogP contribution in [0.25, 0.3) is 0 Å². The Labute approximate surface area is 70.1 Å². The molecular weight excluding hydrogens is 136 g/mol. The van der Waals surface area contributed by atoms with Crippen molar-refractivity contribution in [2.75, 3.05) is 0 Å². The quantitative estimate of drug-likeness (QED) is 0.620. The van der Waals surface area contributed by atoms with Gasteiger partial charge in [0.05, 0.1) is 6.10 Å². The van der Waals surface area contributed by atoms with Crippen molar-refractivity contribution in [3.8, 4) is 0 Å². The van der Waals surface area contributed by atoms with Crippen LogP contribution in [0.15, 0.2) is 11.6 Å². The zero-order chi connectivity index (χ0) is 8.85. The summed E-state index contributed by atoms with van der Waals surface area (Å²) in [6, 6.07) is 0. The predicted molar refractivity (Wildman–Crippen MR) is 49.5 cm³/mol. The fraction of sp³-hybridized carbons (Fsp3) is 0.800. The van der Waals surface area contributed by atoms with Gasteiger partial charge in [-0.1, -0.05) is 26.8 Å². The second-order valence-electron chi connectivity index (χ2n) is 3.50. The highest BCUT2D eigenvalue weighted by Crippen LogP contribution is 2.12. The summed E-state index contributed by atoms with van der Waals surface area (Å²) in [6.45, 7) is 8.34. The summed E-state index contributed by atoms with van der Waals surface area (Å²) >= 11 is 0. The molecule has 0 rings (SSSR count). The summed E-state index contributed by atoms with van der Waals surface area (Å²) in [7, 11) is 0. The molecule has 1 heteroatoms. The second-order valence-corrected chi connectivity index (χ2v) is 3.50. The van der Waals surface area contributed by atoms with E-state index in [2.05, 4.69) is 26.8 Å². The van der Waals surface area contributed by atoms with Gasteiger partial charge in [0.15, 0.2) is 0 Å². The van der Waals surface area contributed by atoms with Crippen molar-refractivity contribution in [2.45, 2.75) is 46.6 Å². The largest absolute Gasteiger partial charge is 0.389 e. The average molecular weight is 156 g/mol. The number of aliphatic hydroxyl groups is 1. The minimum Gasteiger partial charge on any atom is -0.389 e. The van der Waals surface area contributed by atoms with E-state index in [0.29, 0.717) is 5.92 Å². The maximum Gasteiger partial charge on any atom is 0.0749 e. The Balaban J connectivity index is 3.82. The summed E-state index contributed by atoms with van der Waals surface area (Å²) in [4.78, 5) is 0. The minimum absolute atomic E-state index is 0.227. The SMILES string of the molecule is CC/C=C(\C)C(O)CC(C)C. The molecule has 11 heavy (non-hydrogen) atoms. The molecule has 0 aliphatic carbocycles. The van der Waals surface area contributed by atoms with Crippen LogP contribution in [0.1, 0.15) is 40.5 Å². The third-order valence-electron chi connectivity index (χ3n) is 1.75. The maximum absolute atomic E-state index is 9.55. The van der Waals surface area contributed by atoms with Gasteiger partial charge in [0.2, 0.25) is 0 Å². The number of hydrogen-bond acceptors (Lipinski definition) is 1. The fourth-order valence-electron chi connectivity index (χ4n) is 1.09. The van der Waals surface area contributed by atoms with Gasteiger partial charge in [-0.05, 0) is 31.3 Å². The van der Waals surface area contributed by atoms with Crippen LogP contribution < -0.4 is 0 Å². The summed E-state index contributed by atoms with van der Waals surface area (Å²) < 4.78 is 0. The normalized spacial score (nSPS) is 15.6. The smallest absolute Gasteiger partial charge is 0.0749 e. The molecule has 0 aliphatic rings. The lowest BCUT2D eigenvalue weighted by atomic mass is 10.0. The molecule has 0 heterocycles. The number of hydrogen-bond donors (Lipinski definition) is 1. The van der Waals surface area contributed by atoms with E-state index in [1.54, 1.807) is 0 Å². The van der Waals surface area contributed by atoms with Crippen LogP contribution in [-0.2, 0) is 0 Å². The van der Waals surface area contributed by atoms with E-state index in [4.69, 9.17) is 0 Å². The monoisotopic (exact) mass is 156 g/mol. The minimum atomic E-state index is -0.227. The molecule has 0 aromatic heterocycles. The molecule has 1 atom stereocenters. The third-order valence-corrected chi connectivity index (χ3v) is 1.75. The maximum atomic E-state index is 9.55. The van der Waals surface area contributed by atoms with E-state index in [1.807, 2.05) is 6.92 Å². The van der Waals surface area contributed by atoms with Crippen molar-refractivity contribution in [3.63, 3.8) is 0 Å². The lowest BCUT2D eigenvalue weighted by Crippen LogP contribution is -2.11. The molecule has 0 aliphatic heterocycles. The number of aliphatic hydroxyl groups excluding tert-OH is 1. The Morgan fingerprint density at radius 3 is 2.36 bits per heavy atom. The first-order valence-corrected chi connectivity index (χ1v) is 4.42. The number of allylic oxidation sites excluding steroid dienone is 1. The van der Waals surface area contributed by atoms with Crippen LogP contribution in [0.2, 0.25) is 0 Å². The van der Waals surface area contributed by atoms with Crippen molar-refractivity contribution < 1.29 is 5.11 Å². The van der Waals surface area contributed by atoms with E-state index in [1.165, 1.54) is 0 Å². The van der Waals surface area contributed by atoms with Gasteiger partial charge in [0.25, 0.3) is 0 Å². The highest BCUT2D eigenvalue weighted by molar-refractivity contribution is 5.03. The summed E-state index contributed by atoms with van der Waals surface area (Å²) in [5.41, 5.74) is 1.11. The van der Waals surface area contributed by atoms with E-state index in [0.717, 1.165) is 18.4 Å². The fourth-order valence-corrected chi connectivity index (χ4v) is 1.09. The molecule has 0 bridgehead atoms. The number of rotatable bonds is 4. The van der Waals surface area contributed by atoms with Gasteiger partial charge in [-0.25, -0.2) is 0 Å². The molecule has 0 spiro atoms. The first-order chi connectivity index (χ1) is 5.07.